The van der Waals surface area contributed by atoms with E-state index in [1.165, 1.54) is 0 Å². The minimum Gasteiger partial charge on any atom is -0.391 e. The molecule has 35 heavy (non-hydrogen) atoms. The monoisotopic (exact) mass is 501 g/mol. The van der Waals surface area contributed by atoms with Crippen LogP contribution in [0.5, 0.6) is 0 Å². The van der Waals surface area contributed by atoms with Gasteiger partial charge in [0.15, 0.2) is 0 Å². The average molecular weight is 502 g/mol. The molecule has 0 bridgehead atoms. The van der Waals surface area contributed by atoms with E-state index in [1.54, 1.807) is 35.5 Å². The summed E-state index contributed by atoms with van der Waals surface area (Å²) in [6.07, 6.45) is 2.54. The van der Waals surface area contributed by atoms with E-state index in [2.05, 4.69) is 10.3 Å². The summed E-state index contributed by atoms with van der Waals surface area (Å²) in [5, 5.41) is 14.4. The van der Waals surface area contributed by atoms with Crippen LogP contribution < -0.4 is 16.0 Å². The van der Waals surface area contributed by atoms with E-state index in [0.29, 0.717) is 29.5 Å². The van der Waals surface area contributed by atoms with Crippen molar-refractivity contribution < 1.29 is 14.7 Å². The van der Waals surface area contributed by atoms with Gasteiger partial charge in [-0.3, -0.25) is 19.5 Å². The van der Waals surface area contributed by atoms with Gasteiger partial charge in [-0.05, 0) is 50.5 Å². The summed E-state index contributed by atoms with van der Waals surface area (Å²) in [4.78, 5) is 33.5. The molecule has 190 valence electrons. The summed E-state index contributed by atoms with van der Waals surface area (Å²) in [6, 6.07) is 10.1. The summed E-state index contributed by atoms with van der Waals surface area (Å²) < 4.78 is 0. The molecule has 3 rings (SSSR count). The van der Waals surface area contributed by atoms with Gasteiger partial charge in [0.25, 0.3) is 0 Å². The molecule has 1 aliphatic heterocycles. The molecule has 0 aliphatic carbocycles. The Morgan fingerprint density at radius 1 is 1.23 bits per heavy atom. The molecular formula is C26H36ClN5O3. The topological polar surface area (TPSA) is 112 Å². The Morgan fingerprint density at radius 2 is 1.89 bits per heavy atom. The average Bonchev–Trinajstić information content (AvgIpc) is 2.80. The summed E-state index contributed by atoms with van der Waals surface area (Å²) in [5.41, 5.74) is 7.37. The number of para-hydroxylation sites is 1. The highest BCUT2D eigenvalue weighted by atomic mass is 35.5. The molecule has 2 amide bonds. The van der Waals surface area contributed by atoms with Crippen LogP contribution in [0.3, 0.4) is 0 Å². The lowest BCUT2D eigenvalue weighted by Crippen LogP contribution is -2.64. The lowest BCUT2D eigenvalue weighted by molar-refractivity contribution is -0.124. The number of nitrogens with zero attached hydrogens (tertiary/aromatic N) is 3. The van der Waals surface area contributed by atoms with Crippen molar-refractivity contribution in [1.29, 1.82) is 0 Å². The van der Waals surface area contributed by atoms with Gasteiger partial charge in [0.05, 0.1) is 23.4 Å². The molecule has 2 heterocycles. The van der Waals surface area contributed by atoms with Crippen LogP contribution in [0.1, 0.15) is 34.1 Å². The van der Waals surface area contributed by atoms with Crippen molar-refractivity contribution in [3.8, 4) is 0 Å². The molecule has 9 heteroatoms. The van der Waals surface area contributed by atoms with Gasteiger partial charge < -0.3 is 21.1 Å². The molecule has 1 fully saturated rings. The van der Waals surface area contributed by atoms with E-state index >= 15 is 0 Å². The maximum Gasteiger partial charge on any atom is 0.241 e. The number of piperazine rings is 1. The molecule has 0 unspecified atom stereocenters. The molecule has 0 saturated carbocycles. The number of aliphatic hydroxyl groups excluding tert-OH is 1. The number of anilines is 2. The SMILES string of the molecule is CC(C)[C@H](C[C@H](O)[C@@H](N)CN1CC(=O)N(c2ccccc2Cl)CC1(C)C)C(=O)Nc1ccncc1. The number of benzene rings is 1. The smallest absolute Gasteiger partial charge is 0.241 e. The third-order valence-electron chi connectivity index (χ3n) is 6.68. The van der Waals surface area contributed by atoms with Crippen molar-refractivity contribution in [2.45, 2.75) is 51.8 Å². The summed E-state index contributed by atoms with van der Waals surface area (Å²) in [5.74, 6) is -0.649. The zero-order valence-electron chi connectivity index (χ0n) is 20.8. The second-order valence-corrected chi connectivity index (χ2v) is 10.6. The largest absolute Gasteiger partial charge is 0.391 e. The van der Waals surface area contributed by atoms with Crippen LogP contribution in [0.4, 0.5) is 11.4 Å². The maximum absolute atomic E-state index is 13.0. The lowest BCUT2D eigenvalue weighted by atomic mass is 9.87. The fraction of sp³-hybridized carbons (Fsp3) is 0.500. The fourth-order valence-electron chi connectivity index (χ4n) is 4.40. The highest BCUT2D eigenvalue weighted by Gasteiger charge is 2.40. The number of aromatic nitrogens is 1. The third-order valence-corrected chi connectivity index (χ3v) is 7.00. The van der Waals surface area contributed by atoms with Gasteiger partial charge in [0.1, 0.15) is 0 Å². The highest BCUT2D eigenvalue weighted by molar-refractivity contribution is 6.33. The van der Waals surface area contributed by atoms with Crippen LogP contribution in [-0.2, 0) is 9.59 Å². The zero-order valence-corrected chi connectivity index (χ0v) is 21.6. The van der Waals surface area contributed by atoms with Gasteiger partial charge in [-0.15, -0.1) is 0 Å². The number of nitrogens with one attached hydrogen (secondary N) is 1. The molecular weight excluding hydrogens is 466 g/mol. The Hall–Kier alpha value is -2.52. The minimum atomic E-state index is -0.905. The normalized spacial score (nSPS) is 18.9. The van der Waals surface area contributed by atoms with Gasteiger partial charge in [0.2, 0.25) is 11.8 Å². The van der Waals surface area contributed by atoms with Crippen molar-refractivity contribution in [3.05, 3.63) is 53.8 Å². The molecule has 8 nitrogen and oxygen atoms in total. The molecule has 3 atom stereocenters. The van der Waals surface area contributed by atoms with Gasteiger partial charge in [-0.1, -0.05) is 37.6 Å². The molecule has 1 aromatic carbocycles. The standard InChI is InChI=1S/C26H36ClN5O3/c1-17(2)19(25(35)30-18-9-11-29-12-10-18)13-23(33)21(28)14-31-15-24(34)32(16-26(31,3)4)22-8-6-5-7-20(22)27/h5-12,17,19,21,23,33H,13-16,28H2,1-4H3,(H,29,30,35)/t19-,21-,23-/m0/s1. The van der Waals surface area contributed by atoms with Crippen molar-refractivity contribution in [3.63, 3.8) is 0 Å². The molecule has 1 saturated heterocycles. The Labute approximate surface area is 212 Å². The first-order valence-corrected chi connectivity index (χ1v) is 12.3. The van der Waals surface area contributed by atoms with Crippen LogP contribution in [0.15, 0.2) is 48.8 Å². The van der Waals surface area contributed by atoms with E-state index < -0.39 is 18.1 Å². The Bertz CT molecular complexity index is 1020. The maximum atomic E-state index is 13.0. The number of nitrogens with two attached hydrogens (primary N) is 1. The Balaban J connectivity index is 1.63. The summed E-state index contributed by atoms with van der Waals surface area (Å²) >= 11 is 6.33. The first-order valence-electron chi connectivity index (χ1n) is 11.9. The fourth-order valence-corrected chi connectivity index (χ4v) is 4.64. The predicted molar refractivity (Wildman–Crippen MR) is 139 cm³/mol. The van der Waals surface area contributed by atoms with Gasteiger partial charge in [0, 0.05) is 48.7 Å². The van der Waals surface area contributed by atoms with Crippen molar-refractivity contribution >= 4 is 34.8 Å². The van der Waals surface area contributed by atoms with Crippen LogP contribution >= 0.6 is 11.6 Å². The van der Waals surface area contributed by atoms with Crippen molar-refractivity contribution in [1.82, 2.24) is 9.88 Å². The van der Waals surface area contributed by atoms with Crippen molar-refractivity contribution in [2.75, 3.05) is 29.9 Å². The minimum absolute atomic E-state index is 0.0101. The Kier molecular flexibility index (Phi) is 8.88. The number of rotatable bonds is 9. The number of halogens is 1. The van der Waals surface area contributed by atoms with Crippen LogP contribution in [0.2, 0.25) is 5.02 Å². The number of aliphatic hydroxyl groups is 1. The van der Waals surface area contributed by atoms with Gasteiger partial charge in [-0.25, -0.2) is 0 Å². The number of amides is 2. The first kappa shape index (κ1) is 27.1. The number of hydrogen-bond acceptors (Lipinski definition) is 6. The molecule has 1 aromatic heterocycles. The van der Waals surface area contributed by atoms with Crippen LogP contribution in [0, 0.1) is 11.8 Å². The molecule has 0 radical (unpaired) electrons. The predicted octanol–water partition coefficient (Wildman–Crippen LogP) is 3.15. The number of carbonyl (C=O) groups is 2. The van der Waals surface area contributed by atoms with Crippen molar-refractivity contribution in [2.24, 2.45) is 17.6 Å². The van der Waals surface area contributed by atoms with E-state index in [1.807, 2.05) is 50.8 Å². The number of pyridine rings is 1. The van der Waals surface area contributed by atoms with E-state index in [4.69, 9.17) is 17.3 Å². The van der Waals surface area contributed by atoms with E-state index in [0.717, 1.165) is 0 Å². The zero-order chi connectivity index (χ0) is 25.8. The lowest BCUT2D eigenvalue weighted by Gasteiger charge is -2.47. The highest BCUT2D eigenvalue weighted by Crippen LogP contribution is 2.31. The third kappa shape index (κ3) is 6.79. The number of carbonyl (C=O) groups excluding carboxylic acids is 2. The molecule has 1 aliphatic rings. The molecule has 2 aromatic rings. The second-order valence-electron chi connectivity index (χ2n) is 10.2. The quantitative estimate of drug-likeness (QED) is 0.486. The van der Waals surface area contributed by atoms with Gasteiger partial charge in [-0.2, -0.15) is 0 Å². The molecule has 0 spiro atoms. The van der Waals surface area contributed by atoms with E-state index in [9.17, 15) is 14.7 Å². The summed E-state index contributed by atoms with van der Waals surface area (Å²) in [7, 11) is 0. The van der Waals surface area contributed by atoms with Gasteiger partial charge >= 0.3 is 0 Å². The van der Waals surface area contributed by atoms with Crippen LogP contribution in [-0.4, -0.2) is 64.1 Å². The summed E-state index contributed by atoms with van der Waals surface area (Å²) in [6.45, 7) is 8.92. The number of hydrogen-bond donors (Lipinski definition) is 3. The second kappa shape index (κ2) is 11.5. The van der Waals surface area contributed by atoms with E-state index in [-0.39, 0.29) is 36.2 Å². The molecule has 4 N–H and O–H groups in total. The van der Waals surface area contributed by atoms with Crippen LogP contribution in [0.25, 0.3) is 0 Å². The first-order chi connectivity index (χ1) is 16.5. The Morgan fingerprint density at radius 3 is 2.51 bits per heavy atom.